The van der Waals surface area contributed by atoms with Crippen molar-refractivity contribution in [1.29, 1.82) is 0 Å². The van der Waals surface area contributed by atoms with Gasteiger partial charge in [0.15, 0.2) is 8.46 Å². The molecule has 0 radical (unpaired) electrons. The van der Waals surface area contributed by atoms with Crippen molar-refractivity contribution in [2.75, 3.05) is 7.05 Å². The first-order chi connectivity index (χ1) is 8.15. The number of fused-ring (bicyclic) bond motifs is 1. The molecule has 0 bridgehead atoms. The Morgan fingerprint density at radius 1 is 1.47 bits per heavy atom. The molecule has 6 heteroatoms. The first-order valence-corrected chi connectivity index (χ1v) is 6.57. The van der Waals surface area contributed by atoms with Crippen molar-refractivity contribution < 1.29 is 13.8 Å². The fourth-order valence-corrected chi connectivity index (χ4v) is 2.78. The number of carbonyl (C=O) groups is 1. The van der Waals surface area contributed by atoms with Crippen LogP contribution in [0.15, 0.2) is 24.3 Å². The van der Waals surface area contributed by atoms with Crippen LogP contribution >= 0.6 is 19.8 Å². The number of rotatable bonds is 3. The predicted octanol–water partition coefficient (Wildman–Crippen LogP) is 3.52. The lowest BCUT2D eigenvalue weighted by Crippen LogP contribution is -2.15. The summed E-state index contributed by atoms with van der Waals surface area (Å²) in [5, 5.41) is 3.33. The summed E-state index contributed by atoms with van der Waals surface area (Å²) >= 11 is 1.34. The third-order valence-electron chi connectivity index (χ3n) is 2.36. The van der Waals surface area contributed by atoms with Gasteiger partial charge in [-0.25, -0.2) is 4.39 Å². The van der Waals surface area contributed by atoms with Crippen LogP contribution in [0.4, 0.5) is 4.39 Å². The van der Waals surface area contributed by atoms with E-state index in [1.165, 1.54) is 11.3 Å². The van der Waals surface area contributed by atoms with Crippen LogP contribution in [-0.2, 0) is 4.57 Å². The normalized spacial score (nSPS) is 12.8. The fraction of sp³-hybridized carbons (Fsp3) is 0.182. The predicted molar refractivity (Wildman–Crippen MR) is 66.7 cm³/mol. The molecule has 1 aromatic carbocycles. The molecule has 1 aromatic heterocycles. The van der Waals surface area contributed by atoms with E-state index in [1.807, 2.05) is 0 Å². The summed E-state index contributed by atoms with van der Waals surface area (Å²) in [6.07, 6.45) is 0. The topological polar surface area (TPSA) is 46.2 Å². The van der Waals surface area contributed by atoms with E-state index in [4.69, 9.17) is 0 Å². The molecule has 0 saturated heterocycles. The van der Waals surface area contributed by atoms with E-state index in [0.717, 1.165) is 10.1 Å². The van der Waals surface area contributed by atoms with Crippen molar-refractivity contribution in [1.82, 2.24) is 5.32 Å². The highest BCUT2D eigenvalue weighted by molar-refractivity contribution is 7.24. The molecule has 1 unspecified atom stereocenters. The van der Waals surface area contributed by atoms with Crippen LogP contribution in [0.5, 0.6) is 0 Å². The molecule has 88 valence electrons. The second-order valence-corrected chi connectivity index (χ2v) is 5.18. The Labute approximate surface area is 103 Å². The van der Waals surface area contributed by atoms with Gasteiger partial charge in [-0.15, -0.1) is 11.3 Å². The standard InChI is InChI=1S/C11H9FNO2PS/c1-13-11(14)9-5-7-4-6(10(12)16-15)2-3-8(7)17-9/h2-5,10H,1H3,(H,13,14). The van der Waals surface area contributed by atoms with Crippen LogP contribution in [0.25, 0.3) is 10.1 Å². The highest BCUT2D eigenvalue weighted by Crippen LogP contribution is 2.33. The number of nitrogens with one attached hydrogen (secondary N) is 1. The Hall–Kier alpha value is -1.32. The van der Waals surface area contributed by atoms with Gasteiger partial charge in [0.25, 0.3) is 5.91 Å². The number of benzene rings is 1. The number of thiophene rings is 1. The summed E-state index contributed by atoms with van der Waals surface area (Å²) in [6.45, 7) is 0. The van der Waals surface area contributed by atoms with Crippen molar-refractivity contribution in [2.24, 2.45) is 0 Å². The largest absolute Gasteiger partial charge is 0.354 e. The van der Waals surface area contributed by atoms with Crippen molar-refractivity contribution in [3.63, 3.8) is 0 Å². The molecular weight excluding hydrogens is 260 g/mol. The Bertz CT molecular complexity index is 584. The molecule has 1 N–H and O–H groups in total. The Morgan fingerprint density at radius 3 is 2.88 bits per heavy atom. The van der Waals surface area contributed by atoms with Crippen LogP contribution in [0.3, 0.4) is 0 Å². The molecule has 3 nitrogen and oxygen atoms in total. The summed E-state index contributed by atoms with van der Waals surface area (Å²) in [5.74, 6) is -1.67. The Balaban J connectivity index is 2.47. The minimum atomic E-state index is -1.51. The van der Waals surface area contributed by atoms with Gasteiger partial charge in [-0.1, -0.05) is 6.07 Å². The summed E-state index contributed by atoms with van der Waals surface area (Å²) in [6, 6.07) is 6.64. The van der Waals surface area contributed by atoms with Gasteiger partial charge in [0.2, 0.25) is 5.91 Å². The van der Waals surface area contributed by atoms with Gasteiger partial charge in [-0.05, 0) is 29.1 Å². The Morgan fingerprint density at radius 2 is 2.24 bits per heavy atom. The van der Waals surface area contributed by atoms with Crippen LogP contribution in [-0.4, -0.2) is 13.0 Å². The summed E-state index contributed by atoms with van der Waals surface area (Å²) in [7, 11) is 1.01. The summed E-state index contributed by atoms with van der Waals surface area (Å²) in [4.78, 5) is 12.0. The van der Waals surface area contributed by atoms with Crippen LogP contribution in [0.1, 0.15) is 21.1 Å². The zero-order valence-corrected chi connectivity index (χ0v) is 10.6. The minimum Gasteiger partial charge on any atom is -0.354 e. The number of amides is 1. The third kappa shape index (κ3) is 2.35. The summed E-state index contributed by atoms with van der Waals surface area (Å²) in [5.41, 5.74) is 0.357. The van der Waals surface area contributed by atoms with E-state index in [9.17, 15) is 13.8 Å². The number of hydrogen-bond acceptors (Lipinski definition) is 3. The molecule has 1 heterocycles. The maximum atomic E-state index is 13.2. The van der Waals surface area contributed by atoms with Gasteiger partial charge in [0, 0.05) is 11.7 Å². The van der Waals surface area contributed by atoms with Gasteiger partial charge in [0.05, 0.1) is 4.88 Å². The van der Waals surface area contributed by atoms with Crippen molar-refractivity contribution in [2.45, 2.75) is 5.91 Å². The number of hydrogen-bond donors (Lipinski definition) is 1. The molecule has 0 spiro atoms. The highest BCUT2D eigenvalue weighted by Gasteiger charge is 2.12. The molecule has 2 rings (SSSR count). The molecule has 0 saturated carbocycles. The monoisotopic (exact) mass is 269 g/mol. The molecule has 1 atom stereocenters. The van der Waals surface area contributed by atoms with E-state index in [-0.39, 0.29) is 5.91 Å². The lowest BCUT2D eigenvalue weighted by atomic mass is 10.2. The van der Waals surface area contributed by atoms with E-state index >= 15 is 0 Å². The maximum Gasteiger partial charge on any atom is 0.261 e. The van der Waals surface area contributed by atoms with Gasteiger partial charge in [-0.3, -0.25) is 9.36 Å². The van der Waals surface area contributed by atoms with Crippen LogP contribution < -0.4 is 5.32 Å². The minimum absolute atomic E-state index is 0.161. The van der Waals surface area contributed by atoms with Crippen molar-refractivity contribution in [3.05, 3.63) is 34.7 Å². The highest BCUT2D eigenvalue weighted by atomic mass is 32.1. The lowest BCUT2D eigenvalue weighted by molar-refractivity contribution is 0.0967. The average molecular weight is 269 g/mol. The number of alkyl halides is 1. The van der Waals surface area contributed by atoms with E-state index in [1.54, 1.807) is 31.3 Å². The fourth-order valence-electron chi connectivity index (χ4n) is 1.51. The SMILES string of the molecule is CNC(=O)c1cc2cc(C(F)P=O)ccc2s1. The second kappa shape index (κ2) is 4.90. The van der Waals surface area contributed by atoms with Crippen LogP contribution in [0, 0.1) is 0 Å². The van der Waals surface area contributed by atoms with E-state index < -0.39 is 14.4 Å². The quantitative estimate of drug-likeness (QED) is 0.866. The van der Waals surface area contributed by atoms with Crippen molar-refractivity contribution in [3.8, 4) is 0 Å². The van der Waals surface area contributed by atoms with Gasteiger partial charge >= 0.3 is 0 Å². The van der Waals surface area contributed by atoms with Crippen molar-refractivity contribution >= 4 is 35.8 Å². The number of halogens is 1. The second-order valence-electron chi connectivity index (χ2n) is 3.43. The van der Waals surface area contributed by atoms with Gasteiger partial charge in [-0.2, -0.15) is 0 Å². The molecule has 1 amide bonds. The van der Waals surface area contributed by atoms with Crippen LogP contribution in [0.2, 0.25) is 0 Å². The zero-order valence-electron chi connectivity index (χ0n) is 8.94. The number of carbonyl (C=O) groups excluding carboxylic acids is 1. The molecule has 17 heavy (non-hydrogen) atoms. The molecule has 0 aliphatic carbocycles. The first-order valence-electron chi connectivity index (χ1n) is 4.88. The van der Waals surface area contributed by atoms with E-state index in [2.05, 4.69) is 5.32 Å². The first kappa shape index (κ1) is 12.1. The zero-order chi connectivity index (χ0) is 12.4. The molecule has 2 aromatic rings. The molecule has 0 fully saturated rings. The Kier molecular flexibility index (Phi) is 3.50. The molecule has 0 aliphatic heterocycles. The van der Waals surface area contributed by atoms with E-state index in [0.29, 0.717) is 10.4 Å². The smallest absolute Gasteiger partial charge is 0.261 e. The van der Waals surface area contributed by atoms with Gasteiger partial charge in [0.1, 0.15) is 0 Å². The maximum absolute atomic E-state index is 13.2. The average Bonchev–Trinajstić information content (AvgIpc) is 2.79. The third-order valence-corrected chi connectivity index (χ3v) is 3.96. The molecular formula is C11H9FNO2PS. The summed E-state index contributed by atoms with van der Waals surface area (Å²) < 4.78 is 24.6. The molecule has 0 aliphatic rings. The lowest BCUT2D eigenvalue weighted by Gasteiger charge is -1.98. The van der Waals surface area contributed by atoms with Gasteiger partial charge < -0.3 is 5.32 Å².